The van der Waals surface area contributed by atoms with Crippen LogP contribution in [0.3, 0.4) is 0 Å². The van der Waals surface area contributed by atoms with Crippen molar-refractivity contribution in [3.63, 3.8) is 0 Å². The first-order valence-electron chi connectivity index (χ1n) is 7.52. The highest BCUT2D eigenvalue weighted by Crippen LogP contribution is 2.34. The van der Waals surface area contributed by atoms with E-state index >= 15 is 0 Å². The molecule has 1 heterocycles. The Labute approximate surface area is 118 Å². The lowest BCUT2D eigenvalue weighted by molar-refractivity contribution is -0.128. The van der Waals surface area contributed by atoms with Gasteiger partial charge >= 0.3 is 0 Å². The Bertz CT molecular complexity index is 296. The molecule has 0 aromatic carbocycles. The maximum absolute atomic E-state index is 12.0. The van der Waals surface area contributed by atoms with E-state index in [-0.39, 0.29) is 17.9 Å². The van der Waals surface area contributed by atoms with Crippen LogP contribution in [0.4, 0.5) is 0 Å². The van der Waals surface area contributed by atoms with Gasteiger partial charge in [0.2, 0.25) is 0 Å². The molecule has 1 rings (SSSR count). The summed E-state index contributed by atoms with van der Waals surface area (Å²) in [5.74, 6) is 6.30. The molecule has 3 N–H and O–H groups in total. The number of carbonyl (C=O) groups is 1. The van der Waals surface area contributed by atoms with Gasteiger partial charge in [-0.15, -0.1) is 0 Å². The van der Waals surface area contributed by atoms with Gasteiger partial charge in [0, 0.05) is 0 Å². The van der Waals surface area contributed by atoms with E-state index in [4.69, 9.17) is 5.84 Å². The van der Waals surface area contributed by atoms with Crippen molar-refractivity contribution in [1.29, 1.82) is 0 Å². The Morgan fingerprint density at radius 2 is 1.89 bits per heavy atom. The molecule has 1 aliphatic heterocycles. The largest absolute Gasteiger partial charge is 0.293 e. The lowest BCUT2D eigenvalue weighted by Crippen LogP contribution is -2.52. The molecule has 0 radical (unpaired) electrons. The first-order valence-corrected chi connectivity index (χ1v) is 7.52. The number of likely N-dealkylation sites (tertiary alicyclic amines) is 1. The zero-order valence-electron chi connectivity index (χ0n) is 13.2. The van der Waals surface area contributed by atoms with Gasteiger partial charge in [0.15, 0.2) is 0 Å². The highest BCUT2D eigenvalue weighted by atomic mass is 16.2. The summed E-state index contributed by atoms with van der Waals surface area (Å²) in [6, 6.07) is -0.0938. The number of hydrogen-bond donors (Lipinski definition) is 2. The average Bonchev–Trinajstić information content (AvgIpc) is 2.53. The third-order valence-electron chi connectivity index (χ3n) is 4.42. The van der Waals surface area contributed by atoms with Gasteiger partial charge < -0.3 is 0 Å². The SMILES string of the molecule is CC(C)C(C(=O)NN)N1CCCC(C(C)(C)C)CC1. The zero-order chi connectivity index (χ0) is 14.6. The van der Waals surface area contributed by atoms with E-state index in [0.717, 1.165) is 19.0 Å². The van der Waals surface area contributed by atoms with E-state index in [9.17, 15) is 4.79 Å². The van der Waals surface area contributed by atoms with E-state index in [1.807, 2.05) is 0 Å². The fourth-order valence-electron chi connectivity index (χ4n) is 3.24. The Hall–Kier alpha value is -0.610. The first kappa shape index (κ1) is 16.4. The van der Waals surface area contributed by atoms with Gasteiger partial charge in [-0.25, -0.2) is 5.84 Å². The molecule has 0 bridgehead atoms. The molecule has 2 unspecified atom stereocenters. The number of nitrogens with zero attached hydrogens (tertiary/aromatic N) is 1. The van der Waals surface area contributed by atoms with Gasteiger partial charge in [-0.05, 0) is 49.6 Å². The lowest BCUT2D eigenvalue weighted by Gasteiger charge is -2.33. The minimum Gasteiger partial charge on any atom is -0.293 e. The molecule has 112 valence electrons. The van der Waals surface area contributed by atoms with Crippen LogP contribution in [0.1, 0.15) is 53.9 Å². The summed E-state index contributed by atoms with van der Waals surface area (Å²) in [6.45, 7) is 13.1. The quantitative estimate of drug-likeness (QED) is 0.469. The molecule has 0 spiro atoms. The Morgan fingerprint density at radius 1 is 1.26 bits per heavy atom. The van der Waals surface area contributed by atoms with E-state index in [2.05, 4.69) is 44.9 Å². The minimum absolute atomic E-state index is 0.0517. The highest BCUT2D eigenvalue weighted by Gasteiger charge is 2.33. The average molecular weight is 269 g/mol. The first-order chi connectivity index (χ1) is 8.77. The van der Waals surface area contributed by atoms with Crippen molar-refractivity contribution in [3.05, 3.63) is 0 Å². The van der Waals surface area contributed by atoms with Crippen molar-refractivity contribution in [2.45, 2.75) is 59.9 Å². The van der Waals surface area contributed by atoms with Crippen LogP contribution in [0.25, 0.3) is 0 Å². The molecule has 0 saturated carbocycles. The van der Waals surface area contributed by atoms with Crippen LogP contribution in [0.2, 0.25) is 0 Å². The molecule has 4 heteroatoms. The topological polar surface area (TPSA) is 58.4 Å². The molecule has 1 fully saturated rings. The number of amides is 1. The van der Waals surface area contributed by atoms with Crippen LogP contribution < -0.4 is 11.3 Å². The van der Waals surface area contributed by atoms with Gasteiger partial charge in [0.1, 0.15) is 0 Å². The van der Waals surface area contributed by atoms with Crippen molar-refractivity contribution in [2.75, 3.05) is 13.1 Å². The number of rotatable bonds is 3. The second-order valence-electron chi connectivity index (χ2n) is 7.23. The molecular formula is C15H31N3O. The summed E-state index contributed by atoms with van der Waals surface area (Å²) < 4.78 is 0. The van der Waals surface area contributed by atoms with Crippen LogP contribution in [0.15, 0.2) is 0 Å². The van der Waals surface area contributed by atoms with Gasteiger partial charge in [-0.1, -0.05) is 34.6 Å². The predicted molar refractivity (Wildman–Crippen MR) is 79.3 cm³/mol. The van der Waals surface area contributed by atoms with Crippen molar-refractivity contribution in [3.8, 4) is 0 Å². The van der Waals surface area contributed by atoms with E-state index in [1.54, 1.807) is 0 Å². The Kier molecular flexibility index (Phi) is 5.81. The Balaban J connectivity index is 2.72. The molecule has 1 amide bonds. The minimum atomic E-state index is -0.0938. The lowest BCUT2D eigenvalue weighted by atomic mass is 9.77. The maximum Gasteiger partial charge on any atom is 0.251 e. The third-order valence-corrected chi connectivity index (χ3v) is 4.42. The second-order valence-corrected chi connectivity index (χ2v) is 7.23. The van der Waals surface area contributed by atoms with E-state index in [0.29, 0.717) is 5.41 Å². The van der Waals surface area contributed by atoms with Crippen LogP contribution in [0.5, 0.6) is 0 Å². The van der Waals surface area contributed by atoms with Crippen molar-refractivity contribution in [2.24, 2.45) is 23.1 Å². The van der Waals surface area contributed by atoms with Crippen molar-refractivity contribution >= 4 is 5.91 Å². The molecule has 1 aliphatic rings. The fourth-order valence-corrected chi connectivity index (χ4v) is 3.24. The van der Waals surface area contributed by atoms with Crippen molar-refractivity contribution in [1.82, 2.24) is 10.3 Å². The molecule has 4 nitrogen and oxygen atoms in total. The van der Waals surface area contributed by atoms with Gasteiger partial charge in [-0.2, -0.15) is 0 Å². The number of nitrogens with two attached hydrogens (primary N) is 1. The van der Waals surface area contributed by atoms with Gasteiger partial charge in [0.05, 0.1) is 6.04 Å². The fraction of sp³-hybridized carbons (Fsp3) is 0.933. The normalized spacial score (nSPS) is 24.1. The molecule has 0 aromatic heterocycles. The van der Waals surface area contributed by atoms with E-state index in [1.165, 1.54) is 19.3 Å². The van der Waals surface area contributed by atoms with Crippen LogP contribution >= 0.6 is 0 Å². The summed E-state index contributed by atoms with van der Waals surface area (Å²) in [7, 11) is 0. The standard InChI is InChI=1S/C15H31N3O/c1-11(2)13(14(19)17-16)18-9-6-7-12(8-10-18)15(3,4)5/h11-13H,6-10,16H2,1-5H3,(H,17,19). The van der Waals surface area contributed by atoms with Crippen LogP contribution in [0, 0.1) is 17.3 Å². The van der Waals surface area contributed by atoms with Crippen LogP contribution in [-0.2, 0) is 4.79 Å². The molecule has 2 atom stereocenters. The second kappa shape index (κ2) is 6.71. The number of nitrogens with one attached hydrogen (secondary N) is 1. The predicted octanol–water partition coefficient (Wildman–Crippen LogP) is 2.15. The third kappa shape index (κ3) is 4.46. The summed E-state index contributed by atoms with van der Waals surface area (Å²) in [5.41, 5.74) is 2.69. The number of hydrogen-bond acceptors (Lipinski definition) is 3. The number of carbonyl (C=O) groups excluding carboxylic acids is 1. The van der Waals surface area contributed by atoms with Gasteiger partial charge in [-0.3, -0.25) is 15.1 Å². The smallest absolute Gasteiger partial charge is 0.251 e. The molecule has 0 aliphatic carbocycles. The van der Waals surface area contributed by atoms with Crippen molar-refractivity contribution < 1.29 is 4.79 Å². The summed E-state index contributed by atoms with van der Waals surface area (Å²) in [5, 5.41) is 0. The maximum atomic E-state index is 12.0. The van der Waals surface area contributed by atoms with E-state index < -0.39 is 0 Å². The molecule has 1 saturated heterocycles. The highest BCUT2D eigenvalue weighted by molar-refractivity contribution is 5.81. The van der Waals surface area contributed by atoms with Crippen LogP contribution in [-0.4, -0.2) is 29.9 Å². The summed E-state index contributed by atoms with van der Waals surface area (Å²) in [4.78, 5) is 14.3. The Morgan fingerprint density at radius 3 is 2.37 bits per heavy atom. The summed E-state index contributed by atoms with van der Waals surface area (Å²) >= 11 is 0. The van der Waals surface area contributed by atoms with Gasteiger partial charge in [0.25, 0.3) is 5.91 Å². The number of hydrazine groups is 1. The molecule has 19 heavy (non-hydrogen) atoms. The molecule has 0 aromatic rings. The molecular weight excluding hydrogens is 238 g/mol. The summed E-state index contributed by atoms with van der Waals surface area (Å²) in [6.07, 6.45) is 3.60. The monoisotopic (exact) mass is 269 g/mol. The zero-order valence-corrected chi connectivity index (χ0v) is 13.2.